The zero-order valence-electron chi connectivity index (χ0n) is 13.9. The van der Waals surface area contributed by atoms with Gasteiger partial charge < -0.3 is 5.32 Å². The molecule has 0 aliphatic heterocycles. The van der Waals surface area contributed by atoms with E-state index in [0.717, 1.165) is 12.3 Å². The Kier molecular flexibility index (Phi) is 5.25. The van der Waals surface area contributed by atoms with E-state index in [1.807, 2.05) is 0 Å². The first-order valence-corrected chi connectivity index (χ1v) is 8.35. The predicted octanol–water partition coefficient (Wildman–Crippen LogP) is 4.31. The summed E-state index contributed by atoms with van der Waals surface area (Å²) in [6, 6.07) is 1.07. The van der Waals surface area contributed by atoms with E-state index in [4.69, 9.17) is 5.10 Å². The molecule has 2 rings (SSSR count). The van der Waals surface area contributed by atoms with Crippen LogP contribution in [-0.2, 0) is 0 Å². The van der Waals surface area contributed by atoms with Gasteiger partial charge in [0, 0.05) is 17.3 Å². The highest BCUT2D eigenvalue weighted by atomic mass is 15.3. The molecule has 3 heteroatoms. The first kappa shape index (κ1) is 15.6. The van der Waals surface area contributed by atoms with Crippen molar-refractivity contribution in [2.24, 2.45) is 5.92 Å². The molecule has 20 heavy (non-hydrogen) atoms. The van der Waals surface area contributed by atoms with Crippen LogP contribution in [0, 0.1) is 19.8 Å². The van der Waals surface area contributed by atoms with Crippen LogP contribution in [0.4, 0.5) is 0 Å². The summed E-state index contributed by atoms with van der Waals surface area (Å²) in [6.07, 6.45) is 7.81. The lowest BCUT2D eigenvalue weighted by molar-refractivity contribution is 0.253. The Bertz CT molecular complexity index is 424. The number of rotatable bonds is 5. The average Bonchev–Trinajstić information content (AvgIpc) is 2.77. The molecule has 114 valence electrons. The van der Waals surface area contributed by atoms with Crippen molar-refractivity contribution >= 4 is 0 Å². The lowest BCUT2D eigenvalue weighted by atomic mass is 9.84. The summed E-state index contributed by atoms with van der Waals surface area (Å²) in [5.41, 5.74) is 4.01. The van der Waals surface area contributed by atoms with Crippen molar-refractivity contribution in [2.75, 3.05) is 7.05 Å². The number of hydrogen-bond acceptors (Lipinski definition) is 2. The van der Waals surface area contributed by atoms with E-state index in [0.29, 0.717) is 12.1 Å². The largest absolute Gasteiger partial charge is 0.313 e. The molecule has 1 fully saturated rings. The predicted molar refractivity (Wildman–Crippen MR) is 85.1 cm³/mol. The van der Waals surface area contributed by atoms with Gasteiger partial charge in [-0.15, -0.1) is 0 Å². The van der Waals surface area contributed by atoms with Crippen LogP contribution in [0.2, 0.25) is 0 Å². The minimum absolute atomic E-state index is 0.440. The zero-order valence-corrected chi connectivity index (χ0v) is 13.9. The number of nitrogens with one attached hydrogen (secondary N) is 1. The fourth-order valence-electron chi connectivity index (χ4n) is 3.89. The standard InChI is InChI=1S/C17H31N3/c1-6-14-8-10-15(11-9-14)20-13(4)17(12(3)19-20)16(7-2)18-5/h14-16,18H,6-11H2,1-5H3. The Morgan fingerprint density at radius 1 is 1.20 bits per heavy atom. The summed E-state index contributed by atoms with van der Waals surface area (Å²) in [6.45, 7) is 8.98. The van der Waals surface area contributed by atoms with Crippen LogP contribution in [0.15, 0.2) is 0 Å². The summed E-state index contributed by atoms with van der Waals surface area (Å²) < 4.78 is 2.33. The number of nitrogens with zero attached hydrogens (tertiary/aromatic N) is 2. The highest BCUT2D eigenvalue weighted by Crippen LogP contribution is 2.35. The average molecular weight is 277 g/mol. The highest BCUT2D eigenvalue weighted by molar-refractivity contribution is 5.28. The summed E-state index contributed by atoms with van der Waals surface area (Å²) in [5, 5.41) is 8.31. The van der Waals surface area contributed by atoms with Crippen LogP contribution in [-0.4, -0.2) is 16.8 Å². The smallest absolute Gasteiger partial charge is 0.0644 e. The SMILES string of the molecule is CCC1CCC(n2nc(C)c(C(CC)NC)c2C)CC1. The van der Waals surface area contributed by atoms with Gasteiger partial charge in [-0.2, -0.15) is 5.10 Å². The van der Waals surface area contributed by atoms with Crippen LogP contribution < -0.4 is 5.32 Å². The second kappa shape index (κ2) is 6.75. The lowest BCUT2D eigenvalue weighted by Crippen LogP contribution is -2.21. The number of aryl methyl sites for hydroxylation is 1. The van der Waals surface area contributed by atoms with E-state index >= 15 is 0 Å². The van der Waals surface area contributed by atoms with Gasteiger partial charge in [-0.3, -0.25) is 4.68 Å². The number of hydrogen-bond donors (Lipinski definition) is 1. The molecular weight excluding hydrogens is 246 g/mol. The maximum atomic E-state index is 4.88. The normalized spacial score (nSPS) is 24.9. The van der Waals surface area contributed by atoms with Gasteiger partial charge >= 0.3 is 0 Å². The molecule has 1 saturated carbocycles. The quantitative estimate of drug-likeness (QED) is 0.869. The fraction of sp³-hybridized carbons (Fsp3) is 0.824. The second-order valence-corrected chi connectivity index (χ2v) is 6.36. The molecule has 1 aromatic rings. The van der Waals surface area contributed by atoms with Crippen LogP contribution >= 0.6 is 0 Å². The lowest BCUT2D eigenvalue weighted by Gasteiger charge is -2.29. The molecule has 3 nitrogen and oxygen atoms in total. The third-order valence-electron chi connectivity index (χ3n) is 5.23. The Morgan fingerprint density at radius 3 is 2.35 bits per heavy atom. The zero-order chi connectivity index (χ0) is 14.7. The van der Waals surface area contributed by atoms with E-state index in [1.165, 1.54) is 49.1 Å². The van der Waals surface area contributed by atoms with Crippen LogP contribution in [0.3, 0.4) is 0 Å². The molecule has 1 heterocycles. The van der Waals surface area contributed by atoms with Gasteiger partial charge in [0.1, 0.15) is 0 Å². The highest BCUT2D eigenvalue weighted by Gasteiger charge is 2.26. The van der Waals surface area contributed by atoms with Gasteiger partial charge in [-0.1, -0.05) is 20.3 Å². The minimum Gasteiger partial charge on any atom is -0.313 e. The van der Waals surface area contributed by atoms with Crippen molar-refractivity contribution in [1.29, 1.82) is 0 Å². The third kappa shape index (κ3) is 2.93. The molecule has 0 saturated heterocycles. The molecule has 1 unspecified atom stereocenters. The van der Waals surface area contributed by atoms with E-state index in [1.54, 1.807) is 0 Å². The van der Waals surface area contributed by atoms with Gasteiger partial charge in [-0.25, -0.2) is 0 Å². The van der Waals surface area contributed by atoms with E-state index in [-0.39, 0.29) is 0 Å². The van der Waals surface area contributed by atoms with Crippen LogP contribution in [0.25, 0.3) is 0 Å². The van der Waals surface area contributed by atoms with Crippen molar-refractivity contribution in [3.8, 4) is 0 Å². The van der Waals surface area contributed by atoms with Crippen molar-refractivity contribution in [1.82, 2.24) is 15.1 Å². The van der Waals surface area contributed by atoms with E-state index in [2.05, 4.69) is 44.7 Å². The van der Waals surface area contributed by atoms with Crippen LogP contribution in [0.5, 0.6) is 0 Å². The van der Waals surface area contributed by atoms with Gasteiger partial charge in [0.2, 0.25) is 0 Å². The van der Waals surface area contributed by atoms with E-state index in [9.17, 15) is 0 Å². The fourth-order valence-corrected chi connectivity index (χ4v) is 3.89. The first-order valence-electron chi connectivity index (χ1n) is 8.35. The molecule has 1 aromatic heterocycles. The summed E-state index contributed by atoms with van der Waals surface area (Å²) >= 11 is 0. The third-order valence-corrected chi connectivity index (χ3v) is 5.23. The van der Waals surface area contributed by atoms with Crippen molar-refractivity contribution < 1.29 is 0 Å². The van der Waals surface area contributed by atoms with Gasteiger partial charge in [-0.05, 0) is 58.9 Å². The molecular formula is C17H31N3. The van der Waals surface area contributed by atoms with Crippen molar-refractivity contribution in [2.45, 2.75) is 78.3 Å². The molecule has 0 radical (unpaired) electrons. The van der Waals surface area contributed by atoms with E-state index < -0.39 is 0 Å². The summed E-state index contributed by atoms with van der Waals surface area (Å²) in [4.78, 5) is 0. The topological polar surface area (TPSA) is 29.9 Å². The van der Waals surface area contributed by atoms with Gasteiger partial charge in [0.15, 0.2) is 0 Å². The Balaban J connectivity index is 2.20. The molecule has 1 aliphatic carbocycles. The maximum Gasteiger partial charge on any atom is 0.0644 e. The summed E-state index contributed by atoms with van der Waals surface area (Å²) in [5.74, 6) is 0.948. The second-order valence-electron chi connectivity index (χ2n) is 6.36. The van der Waals surface area contributed by atoms with Crippen molar-refractivity contribution in [3.63, 3.8) is 0 Å². The molecule has 0 amide bonds. The van der Waals surface area contributed by atoms with Gasteiger partial charge in [0.05, 0.1) is 11.7 Å². The molecule has 1 aliphatic rings. The molecule has 0 aromatic carbocycles. The monoisotopic (exact) mass is 277 g/mol. The Hall–Kier alpha value is -0.830. The van der Waals surface area contributed by atoms with Crippen LogP contribution in [0.1, 0.15) is 81.4 Å². The number of aromatic nitrogens is 2. The van der Waals surface area contributed by atoms with Gasteiger partial charge in [0.25, 0.3) is 0 Å². The molecule has 0 bridgehead atoms. The molecule has 0 spiro atoms. The molecule has 1 N–H and O–H groups in total. The minimum atomic E-state index is 0.440. The first-order chi connectivity index (χ1) is 9.62. The Morgan fingerprint density at radius 2 is 1.85 bits per heavy atom. The molecule has 1 atom stereocenters. The van der Waals surface area contributed by atoms with Crippen molar-refractivity contribution in [3.05, 3.63) is 17.0 Å². The summed E-state index contributed by atoms with van der Waals surface area (Å²) in [7, 11) is 2.05. The Labute approximate surface area is 124 Å². The maximum absolute atomic E-state index is 4.88.